The minimum atomic E-state index is 0.00740. The van der Waals surface area contributed by atoms with Crippen molar-refractivity contribution in [3.05, 3.63) is 0 Å². The van der Waals surface area contributed by atoms with Crippen LogP contribution >= 0.6 is 0 Å². The molecule has 0 aliphatic carbocycles. The molecule has 5 heteroatoms. The molecular formula is C14H26NO4. The van der Waals surface area contributed by atoms with E-state index in [4.69, 9.17) is 18.9 Å². The van der Waals surface area contributed by atoms with Gasteiger partial charge < -0.3 is 18.9 Å². The molecule has 0 spiro atoms. The fourth-order valence-corrected chi connectivity index (χ4v) is 2.26. The van der Waals surface area contributed by atoms with Gasteiger partial charge in [0.1, 0.15) is 0 Å². The van der Waals surface area contributed by atoms with E-state index in [-0.39, 0.29) is 12.6 Å². The van der Waals surface area contributed by atoms with Crippen molar-refractivity contribution in [3.63, 3.8) is 0 Å². The fraction of sp³-hybridized carbons (Fsp3) is 1.00. The van der Waals surface area contributed by atoms with Gasteiger partial charge in [-0.2, -0.15) is 0 Å². The van der Waals surface area contributed by atoms with Crippen LogP contribution in [0.5, 0.6) is 0 Å². The zero-order chi connectivity index (χ0) is 13.2. The molecule has 19 heavy (non-hydrogen) atoms. The normalized spacial score (nSPS) is 22.7. The summed E-state index contributed by atoms with van der Waals surface area (Å²) in [4.78, 5) is 0. The Labute approximate surface area is 115 Å². The average molecular weight is 272 g/mol. The van der Waals surface area contributed by atoms with E-state index >= 15 is 0 Å². The van der Waals surface area contributed by atoms with Gasteiger partial charge in [-0.15, -0.1) is 0 Å². The molecule has 2 heterocycles. The monoisotopic (exact) mass is 272 g/mol. The van der Waals surface area contributed by atoms with Crippen molar-refractivity contribution in [1.29, 1.82) is 0 Å². The number of hydrogen-bond acceptors (Lipinski definition) is 4. The van der Waals surface area contributed by atoms with Gasteiger partial charge >= 0.3 is 0 Å². The molecule has 2 rings (SSSR count). The number of hydrogen-bond donors (Lipinski definition) is 0. The predicted octanol–water partition coefficient (Wildman–Crippen LogP) is 1.68. The summed E-state index contributed by atoms with van der Waals surface area (Å²) in [5, 5.41) is 4.52. The van der Waals surface area contributed by atoms with Crippen molar-refractivity contribution in [2.24, 2.45) is 0 Å². The molecule has 2 aliphatic rings. The van der Waals surface area contributed by atoms with Crippen molar-refractivity contribution >= 4 is 0 Å². The third-order valence-electron chi connectivity index (χ3n) is 3.30. The van der Waals surface area contributed by atoms with Crippen LogP contribution < -0.4 is 5.32 Å². The number of rotatable bonds is 8. The molecule has 2 saturated heterocycles. The van der Waals surface area contributed by atoms with Crippen LogP contribution in [0.15, 0.2) is 0 Å². The molecule has 0 amide bonds. The highest BCUT2D eigenvalue weighted by Gasteiger charge is 2.14. The van der Waals surface area contributed by atoms with Crippen molar-refractivity contribution in [3.8, 4) is 0 Å². The lowest BCUT2D eigenvalue weighted by Gasteiger charge is -2.23. The smallest absolute Gasteiger partial charge is 0.157 e. The summed E-state index contributed by atoms with van der Waals surface area (Å²) in [5.74, 6) is 0. The molecule has 0 bridgehead atoms. The van der Waals surface area contributed by atoms with Crippen LogP contribution in [0.2, 0.25) is 0 Å². The number of ether oxygens (including phenoxy) is 4. The minimum Gasteiger partial charge on any atom is -0.353 e. The highest BCUT2D eigenvalue weighted by atomic mass is 16.7. The van der Waals surface area contributed by atoms with Gasteiger partial charge in [0, 0.05) is 13.1 Å². The predicted molar refractivity (Wildman–Crippen MR) is 71.0 cm³/mol. The molecule has 0 aromatic rings. The van der Waals surface area contributed by atoms with Crippen LogP contribution in [0, 0.1) is 0 Å². The second-order valence-electron chi connectivity index (χ2n) is 5.00. The lowest BCUT2D eigenvalue weighted by atomic mass is 10.2. The van der Waals surface area contributed by atoms with Gasteiger partial charge in [0.15, 0.2) is 12.6 Å². The van der Waals surface area contributed by atoms with Gasteiger partial charge in [0.05, 0.1) is 26.4 Å². The van der Waals surface area contributed by atoms with Gasteiger partial charge in [0.25, 0.3) is 0 Å². The first-order chi connectivity index (χ1) is 9.45. The molecule has 2 fully saturated rings. The zero-order valence-corrected chi connectivity index (χ0v) is 11.7. The summed E-state index contributed by atoms with van der Waals surface area (Å²) in [6.45, 7) is 5.14. The van der Waals surface area contributed by atoms with E-state index in [0.29, 0.717) is 0 Å². The topological polar surface area (TPSA) is 51.0 Å². The average Bonchev–Trinajstić information content (AvgIpc) is 2.48. The van der Waals surface area contributed by atoms with E-state index in [2.05, 4.69) is 5.32 Å². The molecule has 0 atom stereocenters. The van der Waals surface area contributed by atoms with Gasteiger partial charge in [0.2, 0.25) is 0 Å². The summed E-state index contributed by atoms with van der Waals surface area (Å²) in [6.07, 6.45) is 6.05. The summed E-state index contributed by atoms with van der Waals surface area (Å²) < 4.78 is 22.0. The largest absolute Gasteiger partial charge is 0.353 e. The first kappa shape index (κ1) is 15.2. The molecular weight excluding hydrogens is 246 g/mol. The molecule has 0 N–H and O–H groups in total. The maximum Gasteiger partial charge on any atom is 0.157 e. The summed E-state index contributed by atoms with van der Waals surface area (Å²) in [6, 6.07) is 0. The van der Waals surface area contributed by atoms with Crippen molar-refractivity contribution < 1.29 is 18.9 Å². The molecule has 2 aliphatic heterocycles. The molecule has 5 nitrogen and oxygen atoms in total. The molecule has 0 aromatic heterocycles. The van der Waals surface area contributed by atoms with E-state index in [0.717, 1.165) is 78.0 Å². The third-order valence-corrected chi connectivity index (χ3v) is 3.30. The van der Waals surface area contributed by atoms with E-state index < -0.39 is 0 Å². The Kier molecular flexibility index (Phi) is 7.73. The first-order valence-electron chi connectivity index (χ1n) is 7.55. The van der Waals surface area contributed by atoms with Crippen LogP contribution in [0.3, 0.4) is 0 Å². The quantitative estimate of drug-likeness (QED) is 0.631. The van der Waals surface area contributed by atoms with Crippen LogP contribution in [-0.2, 0) is 18.9 Å². The van der Waals surface area contributed by atoms with E-state index in [1.54, 1.807) is 0 Å². The lowest BCUT2D eigenvalue weighted by molar-refractivity contribution is -0.181. The van der Waals surface area contributed by atoms with Crippen LogP contribution in [0.4, 0.5) is 0 Å². The molecule has 111 valence electrons. The molecule has 0 saturated carbocycles. The Hall–Kier alpha value is -0.200. The highest BCUT2D eigenvalue weighted by molar-refractivity contribution is 4.57. The second-order valence-corrected chi connectivity index (χ2v) is 5.00. The Bertz CT molecular complexity index is 193. The minimum absolute atomic E-state index is 0.00740. The zero-order valence-electron chi connectivity index (χ0n) is 11.7. The number of nitrogens with zero attached hydrogens (tertiary/aromatic N) is 1. The SMILES string of the molecule is C1COC(CCC[N]CCCC2OCCCO2)OC1. The maximum atomic E-state index is 5.49. The standard InChI is InChI=1S/C14H26NO4/c1(5-13-16-9-3-10-17-13)7-15-8-2-6-14-18-11-4-12-19-14/h13-14H,1-12H2. The first-order valence-corrected chi connectivity index (χ1v) is 7.55. The van der Waals surface area contributed by atoms with Crippen molar-refractivity contribution in [1.82, 2.24) is 5.32 Å². The lowest BCUT2D eigenvalue weighted by Crippen LogP contribution is -2.26. The van der Waals surface area contributed by atoms with E-state index in [9.17, 15) is 0 Å². The Morgan fingerprint density at radius 1 is 0.684 bits per heavy atom. The second kappa shape index (κ2) is 9.66. The van der Waals surface area contributed by atoms with Crippen LogP contribution in [0.1, 0.15) is 38.5 Å². The van der Waals surface area contributed by atoms with E-state index in [1.165, 1.54) is 0 Å². The molecule has 0 unspecified atom stereocenters. The fourth-order valence-electron chi connectivity index (χ4n) is 2.26. The Morgan fingerprint density at radius 2 is 1.11 bits per heavy atom. The van der Waals surface area contributed by atoms with Gasteiger partial charge in [-0.3, -0.25) is 0 Å². The molecule has 1 radical (unpaired) electrons. The van der Waals surface area contributed by atoms with Gasteiger partial charge in [-0.25, -0.2) is 5.32 Å². The van der Waals surface area contributed by atoms with Crippen LogP contribution in [0.25, 0.3) is 0 Å². The Morgan fingerprint density at radius 3 is 1.53 bits per heavy atom. The highest BCUT2D eigenvalue weighted by Crippen LogP contribution is 2.11. The molecule has 0 aromatic carbocycles. The van der Waals surface area contributed by atoms with Crippen molar-refractivity contribution in [2.75, 3.05) is 39.5 Å². The Balaban J connectivity index is 1.35. The van der Waals surface area contributed by atoms with Gasteiger partial charge in [-0.1, -0.05) is 0 Å². The summed E-state index contributed by atoms with van der Waals surface area (Å²) >= 11 is 0. The van der Waals surface area contributed by atoms with Crippen LogP contribution in [-0.4, -0.2) is 52.1 Å². The summed E-state index contributed by atoms with van der Waals surface area (Å²) in [7, 11) is 0. The van der Waals surface area contributed by atoms with Gasteiger partial charge in [-0.05, 0) is 38.5 Å². The van der Waals surface area contributed by atoms with E-state index in [1.807, 2.05) is 0 Å². The third kappa shape index (κ3) is 6.68. The summed E-state index contributed by atoms with van der Waals surface area (Å²) in [5.41, 5.74) is 0. The maximum absolute atomic E-state index is 5.49. The van der Waals surface area contributed by atoms with Crippen molar-refractivity contribution in [2.45, 2.75) is 51.1 Å².